The molecule has 8 nitrogen and oxygen atoms in total. The van der Waals surface area contributed by atoms with Crippen LogP contribution in [0.3, 0.4) is 0 Å². The Hall–Kier alpha value is -2.98. The molecule has 0 fully saturated rings. The maximum atomic E-state index is 13.9. The minimum absolute atomic E-state index is 0.0536. The smallest absolute Gasteiger partial charge is 0.264 e. The predicted molar refractivity (Wildman–Crippen MR) is 159 cm³/mol. The number of anilines is 1. The van der Waals surface area contributed by atoms with E-state index in [4.69, 9.17) is 39.5 Å². The summed E-state index contributed by atoms with van der Waals surface area (Å²) in [5.41, 5.74) is 0.728. The predicted octanol–water partition coefficient (Wildman–Crippen LogP) is 5.79. The van der Waals surface area contributed by atoms with Crippen LogP contribution in [0.15, 0.2) is 71.6 Å². The number of nitrogens with zero attached hydrogens (tertiary/aromatic N) is 2. The van der Waals surface area contributed by atoms with Crippen LogP contribution in [0.1, 0.15) is 25.8 Å². The number of benzene rings is 3. The number of methoxy groups -OCH3 is 1. The highest BCUT2D eigenvalue weighted by atomic mass is 35.5. The van der Waals surface area contributed by atoms with E-state index in [0.29, 0.717) is 34.3 Å². The first-order valence-corrected chi connectivity index (χ1v) is 15.0. The molecule has 3 aromatic rings. The van der Waals surface area contributed by atoms with E-state index in [-0.39, 0.29) is 28.1 Å². The molecular formula is C28H30Cl3N3O5S. The van der Waals surface area contributed by atoms with Gasteiger partial charge < -0.3 is 15.0 Å². The molecule has 0 saturated carbocycles. The topological polar surface area (TPSA) is 96.0 Å². The van der Waals surface area contributed by atoms with E-state index in [1.54, 1.807) is 31.2 Å². The second-order valence-electron chi connectivity index (χ2n) is 8.89. The molecule has 12 heteroatoms. The molecule has 1 atom stereocenters. The van der Waals surface area contributed by atoms with Crippen molar-refractivity contribution in [2.75, 3.05) is 24.5 Å². The van der Waals surface area contributed by atoms with E-state index in [1.807, 2.05) is 6.92 Å². The summed E-state index contributed by atoms with van der Waals surface area (Å²) in [5.74, 6) is -0.530. The first-order valence-electron chi connectivity index (χ1n) is 12.4. The fourth-order valence-corrected chi connectivity index (χ4v) is 5.91. The molecule has 0 aliphatic carbocycles. The van der Waals surface area contributed by atoms with Crippen LogP contribution in [-0.4, -0.2) is 51.4 Å². The largest absolute Gasteiger partial charge is 0.497 e. The maximum absolute atomic E-state index is 13.9. The average Bonchev–Trinajstić information content (AvgIpc) is 2.93. The average molecular weight is 627 g/mol. The van der Waals surface area contributed by atoms with Gasteiger partial charge in [-0.1, -0.05) is 53.9 Å². The third-order valence-corrected chi connectivity index (χ3v) is 8.70. The van der Waals surface area contributed by atoms with Gasteiger partial charge in [-0.15, -0.1) is 0 Å². The van der Waals surface area contributed by atoms with Gasteiger partial charge in [0.1, 0.15) is 18.3 Å². The van der Waals surface area contributed by atoms with Crippen molar-refractivity contribution in [3.63, 3.8) is 0 Å². The van der Waals surface area contributed by atoms with Gasteiger partial charge >= 0.3 is 0 Å². The van der Waals surface area contributed by atoms with E-state index >= 15 is 0 Å². The van der Waals surface area contributed by atoms with E-state index in [9.17, 15) is 18.0 Å². The Morgan fingerprint density at radius 1 is 0.975 bits per heavy atom. The monoisotopic (exact) mass is 625 g/mol. The van der Waals surface area contributed by atoms with Crippen LogP contribution in [-0.2, 0) is 26.2 Å². The van der Waals surface area contributed by atoms with Crippen molar-refractivity contribution in [1.82, 2.24) is 10.2 Å². The van der Waals surface area contributed by atoms with Crippen molar-refractivity contribution in [3.8, 4) is 5.75 Å². The van der Waals surface area contributed by atoms with Gasteiger partial charge in [0.2, 0.25) is 11.8 Å². The van der Waals surface area contributed by atoms with Crippen LogP contribution in [0.4, 0.5) is 5.69 Å². The van der Waals surface area contributed by atoms with Crippen LogP contribution >= 0.6 is 34.8 Å². The molecule has 2 amide bonds. The highest BCUT2D eigenvalue weighted by Gasteiger charge is 2.33. The number of hydrogen-bond acceptors (Lipinski definition) is 5. The lowest BCUT2D eigenvalue weighted by molar-refractivity contribution is -0.139. The normalized spacial score (nSPS) is 11.9. The second-order valence-corrected chi connectivity index (χ2v) is 12.0. The third kappa shape index (κ3) is 7.81. The number of ether oxygens (including phenoxy) is 1. The van der Waals surface area contributed by atoms with Crippen LogP contribution in [0.5, 0.6) is 5.75 Å². The van der Waals surface area contributed by atoms with E-state index in [0.717, 1.165) is 4.31 Å². The Labute approximate surface area is 249 Å². The summed E-state index contributed by atoms with van der Waals surface area (Å²) < 4.78 is 33.8. The Balaban J connectivity index is 2.04. The fourth-order valence-electron chi connectivity index (χ4n) is 3.85. The zero-order valence-corrected chi connectivity index (χ0v) is 25.3. The van der Waals surface area contributed by atoms with Crippen molar-refractivity contribution < 1.29 is 22.7 Å². The lowest BCUT2D eigenvalue weighted by atomic mass is 10.1. The molecule has 0 saturated heterocycles. The Bertz CT molecular complexity index is 1450. The molecule has 0 radical (unpaired) electrons. The number of amides is 2. The molecular weight excluding hydrogens is 597 g/mol. The van der Waals surface area contributed by atoms with Gasteiger partial charge in [0.05, 0.1) is 17.7 Å². The lowest BCUT2D eigenvalue weighted by Crippen LogP contribution is -2.51. The Kier molecular flexibility index (Phi) is 11.1. The number of carbonyl (C=O) groups is 2. The first kappa shape index (κ1) is 31.5. The van der Waals surface area contributed by atoms with Gasteiger partial charge in [-0.05, 0) is 73.5 Å². The van der Waals surface area contributed by atoms with Gasteiger partial charge in [-0.2, -0.15) is 0 Å². The zero-order valence-electron chi connectivity index (χ0n) is 22.2. The molecule has 1 N–H and O–H groups in total. The molecule has 0 bridgehead atoms. The van der Waals surface area contributed by atoms with E-state index in [2.05, 4.69) is 5.32 Å². The van der Waals surface area contributed by atoms with Crippen LogP contribution in [0.2, 0.25) is 15.1 Å². The van der Waals surface area contributed by atoms with E-state index in [1.165, 1.54) is 54.5 Å². The van der Waals surface area contributed by atoms with Crippen molar-refractivity contribution in [1.29, 1.82) is 0 Å². The summed E-state index contributed by atoms with van der Waals surface area (Å²) in [6.45, 7) is 3.25. The molecule has 214 valence electrons. The number of hydrogen-bond donors (Lipinski definition) is 1. The minimum Gasteiger partial charge on any atom is -0.497 e. The number of sulfonamides is 1. The highest BCUT2D eigenvalue weighted by Crippen LogP contribution is 2.28. The van der Waals surface area contributed by atoms with Crippen LogP contribution in [0, 0.1) is 0 Å². The molecule has 3 aromatic carbocycles. The summed E-state index contributed by atoms with van der Waals surface area (Å²) in [5, 5.41) is 3.80. The quantitative estimate of drug-likeness (QED) is 0.274. The van der Waals surface area contributed by atoms with Gasteiger partial charge in [0, 0.05) is 28.2 Å². The third-order valence-electron chi connectivity index (χ3n) is 6.09. The highest BCUT2D eigenvalue weighted by molar-refractivity contribution is 7.92. The van der Waals surface area contributed by atoms with Gasteiger partial charge in [0.25, 0.3) is 10.0 Å². The summed E-state index contributed by atoms with van der Waals surface area (Å²) in [7, 11) is -2.77. The van der Waals surface area contributed by atoms with Crippen LogP contribution in [0.25, 0.3) is 0 Å². The zero-order chi connectivity index (χ0) is 29.4. The first-order chi connectivity index (χ1) is 19.0. The second kappa shape index (κ2) is 14.1. The van der Waals surface area contributed by atoms with Gasteiger partial charge in [-0.25, -0.2) is 8.42 Å². The van der Waals surface area contributed by atoms with Gasteiger partial charge in [0.15, 0.2) is 0 Å². The summed E-state index contributed by atoms with van der Waals surface area (Å²) in [6, 6.07) is 15.9. The molecule has 0 unspecified atom stereocenters. The lowest BCUT2D eigenvalue weighted by Gasteiger charge is -2.32. The number of nitrogens with one attached hydrogen (secondary N) is 1. The summed E-state index contributed by atoms with van der Waals surface area (Å²) >= 11 is 18.6. The Morgan fingerprint density at radius 2 is 1.65 bits per heavy atom. The molecule has 0 aliphatic rings. The molecule has 0 heterocycles. The number of carbonyl (C=O) groups excluding carboxylic acids is 2. The maximum Gasteiger partial charge on any atom is 0.264 e. The van der Waals surface area contributed by atoms with Crippen molar-refractivity contribution in [2.24, 2.45) is 0 Å². The Morgan fingerprint density at radius 3 is 2.25 bits per heavy atom. The van der Waals surface area contributed by atoms with Crippen LogP contribution < -0.4 is 14.4 Å². The summed E-state index contributed by atoms with van der Waals surface area (Å²) in [6.07, 6.45) is 0.706. The van der Waals surface area contributed by atoms with Crippen molar-refractivity contribution in [3.05, 3.63) is 87.4 Å². The summed E-state index contributed by atoms with van der Waals surface area (Å²) in [4.78, 5) is 28.1. The molecule has 0 aromatic heterocycles. The molecule has 0 spiro atoms. The molecule has 40 heavy (non-hydrogen) atoms. The number of halogens is 3. The van der Waals surface area contributed by atoms with Crippen molar-refractivity contribution >= 4 is 62.3 Å². The van der Waals surface area contributed by atoms with Gasteiger partial charge in [-0.3, -0.25) is 13.9 Å². The number of rotatable bonds is 12. The standard InChI is InChI=1S/C28H30Cl3N3O5S/c1-4-14-32-28(36)19(2)33(17-20-8-9-22(30)16-26(20)31)27(35)18-34(23-7-5-6-21(29)15-23)40(37,38)25-12-10-24(39-3)11-13-25/h5-13,15-16,19H,4,14,17-18H2,1-3H3,(H,32,36)/t19-/m1/s1. The molecule has 3 rings (SSSR count). The molecule has 0 aliphatic heterocycles. The fraction of sp³-hybridized carbons (Fsp3) is 0.286. The SMILES string of the molecule is CCCNC(=O)[C@@H](C)N(Cc1ccc(Cl)cc1Cl)C(=O)CN(c1cccc(Cl)c1)S(=O)(=O)c1ccc(OC)cc1. The van der Waals surface area contributed by atoms with E-state index < -0.39 is 28.5 Å². The van der Waals surface area contributed by atoms with Crippen molar-refractivity contribution in [2.45, 2.75) is 37.8 Å². The minimum atomic E-state index is -4.24.